The van der Waals surface area contributed by atoms with Crippen molar-refractivity contribution in [2.45, 2.75) is 13.5 Å². The SMILES string of the molecule is CCOc1cccc2c1nc(N)n2Cc1ccoc1. The lowest BCUT2D eigenvalue weighted by atomic mass is 10.2. The van der Waals surface area contributed by atoms with E-state index >= 15 is 0 Å². The molecule has 0 saturated heterocycles. The van der Waals surface area contributed by atoms with Crippen LogP contribution in [0, 0.1) is 0 Å². The number of nitrogens with two attached hydrogens (primary N) is 1. The second-order valence-electron chi connectivity index (χ2n) is 4.24. The summed E-state index contributed by atoms with van der Waals surface area (Å²) in [7, 11) is 0. The van der Waals surface area contributed by atoms with Crippen LogP contribution in [0.4, 0.5) is 5.95 Å². The molecule has 98 valence electrons. The van der Waals surface area contributed by atoms with E-state index in [0.717, 1.165) is 22.3 Å². The van der Waals surface area contributed by atoms with E-state index in [4.69, 9.17) is 14.9 Å². The maximum Gasteiger partial charge on any atom is 0.201 e. The molecule has 2 N–H and O–H groups in total. The van der Waals surface area contributed by atoms with Gasteiger partial charge in [0.2, 0.25) is 5.95 Å². The number of ether oxygens (including phenoxy) is 1. The van der Waals surface area contributed by atoms with Crippen LogP contribution in [0.25, 0.3) is 11.0 Å². The Bertz CT molecular complexity index is 686. The first-order chi connectivity index (χ1) is 9.29. The number of hydrogen-bond acceptors (Lipinski definition) is 4. The van der Waals surface area contributed by atoms with E-state index in [9.17, 15) is 0 Å². The molecule has 5 nitrogen and oxygen atoms in total. The molecule has 2 aromatic heterocycles. The van der Waals surface area contributed by atoms with Crippen LogP contribution in [0.2, 0.25) is 0 Å². The van der Waals surface area contributed by atoms with E-state index in [0.29, 0.717) is 19.1 Å². The Labute approximate surface area is 110 Å². The van der Waals surface area contributed by atoms with Gasteiger partial charge in [0.25, 0.3) is 0 Å². The number of aromatic nitrogens is 2. The van der Waals surface area contributed by atoms with Crippen molar-refractivity contribution in [3.63, 3.8) is 0 Å². The van der Waals surface area contributed by atoms with Crippen LogP contribution < -0.4 is 10.5 Å². The van der Waals surface area contributed by atoms with Crippen molar-refractivity contribution in [3.8, 4) is 5.75 Å². The quantitative estimate of drug-likeness (QED) is 0.780. The molecule has 0 aliphatic carbocycles. The third-order valence-electron chi connectivity index (χ3n) is 2.99. The summed E-state index contributed by atoms with van der Waals surface area (Å²) >= 11 is 0. The minimum Gasteiger partial charge on any atom is -0.492 e. The molecule has 0 atom stereocenters. The highest BCUT2D eigenvalue weighted by molar-refractivity contribution is 5.84. The number of para-hydroxylation sites is 1. The Kier molecular flexibility index (Phi) is 2.87. The van der Waals surface area contributed by atoms with Gasteiger partial charge in [-0.05, 0) is 25.1 Å². The summed E-state index contributed by atoms with van der Waals surface area (Å²) in [5.74, 6) is 1.24. The maximum absolute atomic E-state index is 6.00. The van der Waals surface area contributed by atoms with Gasteiger partial charge < -0.3 is 19.5 Å². The molecule has 0 bridgehead atoms. The second-order valence-corrected chi connectivity index (χ2v) is 4.24. The highest BCUT2D eigenvalue weighted by Crippen LogP contribution is 2.27. The molecule has 0 aliphatic heterocycles. The molecule has 3 rings (SSSR count). The zero-order valence-corrected chi connectivity index (χ0v) is 10.7. The lowest BCUT2D eigenvalue weighted by molar-refractivity contribution is 0.343. The number of anilines is 1. The van der Waals surface area contributed by atoms with Crippen molar-refractivity contribution in [1.82, 2.24) is 9.55 Å². The Hall–Kier alpha value is -2.43. The van der Waals surface area contributed by atoms with Gasteiger partial charge in [0.1, 0.15) is 11.3 Å². The van der Waals surface area contributed by atoms with E-state index in [-0.39, 0.29) is 0 Å². The Balaban J connectivity index is 2.09. The second kappa shape index (κ2) is 4.68. The fraction of sp³-hybridized carbons (Fsp3) is 0.214. The predicted molar refractivity (Wildman–Crippen MR) is 73.1 cm³/mol. The molecular formula is C14H15N3O2. The van der Waals surface area contributed by atoms with Gasteiger partial charge in [-0.15, -0.1) is 0 Å². The summed E-state index contributed by atoms with van der Waals surface area (Å²) in [6.07, 6.45) is 3.36. The molecule has 0 fully saturated rings. The van der Waals surface area contributed by atoms with Crippen LogP contribution in [0.5, 0.6) is 5.75 Å². The minimum atomic E-state index is 0.475. The van der Waals surface area contributed by atoms with Crippen LogP contribution in [0.1, 0.15) is 12.5 Å². The summed E-state index contributed by atoms with van der Waals surface area (Å²) in [6, 6.07) is 7.75. The monoisotopic (exact) mass is 257 g/mol. The van der Waals surface area contributed by atoms with Crippen LogP contribution in [-0.2, 0) is 6.54 Å². The molecule has 0 spiro atoms. The first kappa shape index (κ1) is 11.6. The topological polar surface area (TPSA) is 66.2 Å². The molecular weight excluding hydrogens is 242 g/mol. The minimum absolute atomic E-state index is 0.475. The van der Waals surface area contributed by atoms with Crippen molar-refractivity contribution in [1.29, 1.82) is 0 Å². The largest absolute Gasteiger partial charge is 0.492 e. The van der Waals surface area contributed by atoms with Gasteiger partial charge in [-0.1, -0.05) is 6.07 Å². The van der Waals surface area contributed by atoms with Gasteiger partial charge in [0, 0.05) is 5.56 Å². The van der Waals surface area contributed by atoms with Crippen LogP contribution in [0.3, 0.4) is 0 Å². The van der Waals surface area contributed by atoms with Crippen molar-refractivity contribution in [2.75, 3.05) is 12.3 Å². The molecule has 19 heavy (non-hydrogen) atoms. The highest BCUT2D eigenvalue weighted by atomic mass is 16.5. The molecule has 2 heterocycles. The highest BCUT2D eigenvalue weighted by Gasteiger charge is 2.12. The third-order valence-corrected chi connectivity index (χ3v) is 2.99. The van der Waals surface area contributed by atoms with E-state index in [2.05, 4.69) is 4.98 Å². The number of rotatable bonds is 4. The van der Waals surface area contributed by atoms with Gasteiger partial charge in [-0.25, -0.2) is 4.98 Å². The van der Waals surface area contributed by atoms with Crippen molar-refractivity contribution in [3.05, 3.63) is 42.4 Å². The number of nitrogens with zero attached hydrogens (tertiary/aromatic N) is 2. The zero-order valence-electron chi connectivity index (χ0n) is 10.7. The number of hydrogen-bond donors (Lipinski definition) is 1. The van der Waals surface area contributed by atoms with E-state index in [1.54, 1.807) is 12.5 Å². The fourth-order valence-electron chi connectivity index (χ4n) is 2.14. The van der Waals surface area contributed by atoms with Crippen molar-refractivity contribution >= 4 is 17.0 Å². The number of nitrogen functional groups attached to an aromatic ring is 1. The standard InChI is InChI=1S/C14H15N3O2/c1-2-19-12-5-3-4-11-13(12)16-14(15)17(11)8-10-6-7-18-9-10/h3-7,9H,2,8H2,1H3,(H2,15,16). The first-order valence-corrected chi connectivity index (χ1v) is 6.18. The van der Waals surface area contributed by atoms with E-state index < -0.39 is 0 Å². The Morgan fingerprint density at radius 2 is 2.26 bits per heavy atom. The molecule has 0 saturated carbocycles. The van der Waals surface area contributed by atoms with E-state index in [1.165, 1.54) is 0 Å². The number of benzene rings is 1. The van der Waals surface area contributed by atoms with Gasteiger partial charge in [0.05, 0.1) is 31.2 Å². The average Bonchev–Trinajstić information content (AvgIpc) is 3.01. The van der Waals surface area contributed by atoms with Crippen LogP contribution in [-0.4, -0.2) is 16.2 Å². The lowest BCUT2D eigenvalue weighted by Gasteiger charge is -2.05. The van der Waals surface area contributed by atoms with Gasteiger partial charge in [0.15, 0.2) is 0 Å². The van der Waals surface area contributed by atoms with Gasteiger partial charge >= 0.3 is 0 Å². The Morgan fingerprint density at radius 1 is 1.37 bits per heavy atom. The van der Waals surface area contributed by atoms with E-state index in [1.807, 2.05) is 35.8 Å². The predicted octanol–water partition coefficient (Wildman–Crippen LogP) is 2.66. The fourth-order valence-corrected chi connectivity index (χ4v) is 2.14. The molecule has 0 aliphatic rings. The summed E-state index contributed by atoms with van der Waals surface area (Å²) < 4.78 is 12.6. The summed E-state index contributed by atoms with van der Waals surface area (Å²) in [5, 5.41) is 0. The van der Waals surface area contributed by atoms with Crippen molar-refractivity contribution in [2.24, 2.45) is 0 Å². The molecule has 3 aromatic rings. The van der Waals surface area contributed by atoms with Gasteiger partial charge in [-0.3, -0.25) is 0 Å². The molecule has 5 heteroatoms. The normalized spacial score (nSPS) is 11.0. The smallest absolute Gasteiger partial charge is 0.201 e. The first-order valence-electron chi connectivity index (χ1n) is 6.18. The summed E-state index contributed by atoms with van der Waals surface area (Å²) in [6.45, 7) is 3.19. The summed E-state index contributed by atoms with van der Waals surface area (Å²) in [4.78, 5) is 4.40. The molecule has 0 radical (unpaired) electrons. The maximum atomic E-state index is 6.00. The lowest BCUT2D eigenvalue weighted by Crippen LogP contribution is -2.03. The van der Waals surface area contributed by atoms with Crippen LogP contribution >= 0.6 is 0 Å². The third kappa shape index (κ3) is 2.03. The van der Waals surface area contributed by atoms with Gasteiger partial charge in [-0.2, -0.15) is 0 Å². The Morgan fingerprint density at radius 3 is 3.00 bits per heavy atom. The summed E-state index contributed by atoms with van der Waals surface area (Å²) in [5.41, 5.74) is 8.81. The molecule has 0 unspecified atom stereocenters. The number of imidazole rings is 1. The number of fused-ring (bicyclic) bond motifs is 1. The van der Waals surface area contributed by atoms with Crippen LogP contribution in [0.15, 0.2) is 41.2 Å². The zero-order chi connectivity index (χ0) is 13.2. The average molecular weight is 257 g/mol. The molecule has 0 amide bonds. The number of furan rings is 1. The van der Waals surface area contributed by atoms with Crippen molar-refractivity contribution < 1.29 is 9.15 Å². The molecule has 1 aromatic carbocycles.